The number of hydrogen-bond acceptors (Lipinski definition) is 4. The monoisotopic (exact) mass is 266 g/mol. The van der Waals surface area contributed by atoms with Crippen LogP contribution in [0.1, 0.15) is 18.2 Å². The van der Waals surface area contributed by atoms with Crippen molar-refractivity contribution in [2.45, 2.75) is 20.1 Å². The smallest absolute Gasteiger partial charge is 0.394 e. The molecular formula is C13H15ClN2O2. The molecule has 0 saturated heterocycles. The van der Waals surface area contributed by atoms with Crippen molar-refractivity contribution in [3.63, 3.8) is 0 Å². The number of nitrogens with one attached hydrogen (secondary N) is 1. The highest BCUT2D eigenvalue weighted by molar-refractivity contribution is 6.30. The van der Waals surface area contributed by atoms with E-state index in [0.29, 0.717) is 18.2 Å². The maximum Gasteiger partial charge on any atom is 0.394 e. The van der Waals surface area contributed by atoms with Crippen LogP contribution in [-0.4, -0.2) is 11.5 Å². The minimum absolute atomic E-state index is 0.290. The van der Waals surface area contributed by atoms with Gasteiger partial charge in [0, 0.05) is 11.6 Å². The highest BCUT2D eigenvalue weighted by atomic mass is 35.5. The highest BCUT2D eigenvalue weighted by Gasteiger charge is 2.04. The van der Waals surface area contributed by atoms with Crippen LogP contribution in [0.2, 0.25) is 5.02 Å². The summed E-state index contributed by atoms with van der Waals surface area (Å²) in [4.78, 5) is 4.20. The Morgan fingerprint density at radius 3 is 2.83 bits per heavy atom. The summed E-state index contributed by atoms with van der Waals surface area (Å²) in [5.74, 6) is 0. The van der Waals surface area contributed by atoms with Crippen LogP contribution in [0.3, 0.4) is 0 Å². The standard InChI is InChI=1S/C13H15ClN2O2/c1-2-15-7-12-9-18-13(16-12)17-8-10-3-5-11(14)6-4-10/h3-6,9,15H,2,7-8H2,1H3. The topological polar surface area (TPSA) is 47.3 Å². The first-order chi connectivity index (χ1) is 8.78. The Morgan fingerprint density at radius 1 is 1.33 bits per heavy atom. The average Bonchev–Trinajstić information content (AvgIpc) is 2.84. The lowest BCUT2D eigenvalue weighted by atomic mass is 10.2. The number of halogens is 1. The summed E-state index contributed by atoms with van der Waals surface area (Å²) in [7, 11) is 0. The molecule has 0 aliphatic carbocycles. The summed E-state index contributed by atoms with van der Waals surface area (Å²) >= 11 is 5.80. The van der Waals surface area contributed by atoms with E-state index in [0.717, 1.165) is 17.8 Å². The highest BCUT2D eigenvalue weighted by Crippen LogP contribution is 2.14. The molecule has 5 heteroatoms. The number of oxazole rings is 1. The van der Waals surface area contributed by atoms with Crippen LogP contribution in [0.25, 0.3) is 0 Å². The number of nitrogens with zero attached hydrogens (tertiary/aromatic N) is 1. The van der Waals surface area contributed by atoms with E-state index in [4.69, 9.17) is 20.8 Å². The third-order valence-corrected chi connectivity index (χ3v) is 2.61. The Labute approximate surface area is 111 Å². The van der Waals surface area contributed by atoms with Crippen molar-refractivity contribution < 1.29 is 9.15 Å². The van der Waals surface area contributed by atoms with Crippen LogP contribution in [-0.2, 0) is 13.2 Å². The van der Waals surface area contributed by atoms with Gasteiger partial charge in [-0.25, -0.2) is 0 Å². The lowest BCUT2D eigenvalue weighted by molar-refractivity contribution is 0.220. The van der Waals surface area contributed by atoms with Gasteiger partial charge in [0.05, 0.1) is 5.69 Å². The van der Waals surface area contributed by atoms with E-state index in [-0.39, 0.29) is 6.08 Å². The molecule has 0 saturated carbocycles. The van der Waals surface area contributed by atoms with Crippen molar-refractivity contribution in [3.8, 4) is 6.08 Å². The first kappa shape index (κ1) is 12.9. The van der Waals surface area contributed by atoms with Crippen LogP contribution in [0.5, 0.6) is 6.08 Å². The summed E-state index contributed by atoms with van der Waals surface area (Å²) in [5.41, 5.74) is 1.86. The molecule has 1 aromatic carbocycles. The largest absolute Gasteiger partial charge is 0.445 e. The normalized spacial score (nSPS) is 10.6. The van der Waals surface area contributed by atoms with Crippen LogP contribution >= 0.6 is 11.6 Å². The van der Waals surface area contributed by atoms with Gasteiger partial charge >= 0.3 is 6.08 Å². The lowest BCUT2D eigenvalue weighted by Crippen LogP contribution is -2.11. The molecule has 0 radical (unpaired) electrons. The van der Waals surface area contributed by atoms with Gasteiger partial charge < -0.3 is 14.5 Å². The van der Waals surface area contributed by atoms with E-state index in [1.54, 1.807) is 6.26 Å². The van der Waals surface area contributed by atoms with Crippen molar-refractivity contribution in [2.24, 2.45) is 0 Å². The number of aromatic nitrogens is 1. The van der Waals surface area contributed by atoms with Crippen molar-refractivity contribution in [2.75, 3.05) is 6.54 Å². The summed E-state index contributed by atoms with van der Waals surface area (Å²) in [6.07, 6.45) is 1.89. The first-order valence-corrected chi connectivity index (χ1v) is 6.18. The molecule has 0 bridgehead atoms. The van der Waals surface area contributed by atoms with E-state index in [2.05, 4.69) is 10.3 Å². The van der Waals surface area contributed by atoms with E-state index >= 15 is 0 Å². The molecule has 0 aliphatic heterocycles. The van der Waals surface area contributed by atoms with Crippen LogP contribution < -0.4 is 10.1 Å². The molecule has 0 spiro atoms. The number of ether oxygens (including phenoxy) is 1. The molecule has 1 heterocycles. The molecule has 4 nitrogen and oxygen atoms in total. The molecule has 1 N–H and O–H groups in total. The number of rotatable bonds is 6. The maximum absolute atomic E-state index is 5.80. The second-order valence-electron chi connectivity index (χ2n) is 3.80. The Hall–Kier alpha value is -1.52. The van der Waals surface area contributed by atoms with Crippen molar-refractivity contribution >= 4 is 11.6 Å². The molecule has 0 fully saturated rings. The van der Waals surface area contributed by atoms with Crippen LogP contribution in [0.4, 0.5) is 0 Å². The minimum Gasteiger partial charge on any atom is -0.445 e. The summed E-state index contributed by atoms with van der Waals surface area (Å²) < 4.78 is 10.7. The maximum atomic E-state index is 5.80. The minimum atomic E-state index is 0.290. The SMILES string of the molecule is CCNCc1coc(OCc2ccc(Cl)cc2)n1. The molecule has 96 valence electrons. The molecule has 2 aromatic rings. The average molecular weight is 267 g/mol. The van der Waals surface area contributed by atoms with Gasteiger partial charge in [0.15, 0.2) is 0 Å². The molecule has 0 unspecified atom stereocenters. The Kier molecular flexibility index (Phi) is 4.61. The first-order valence-electron chi connectivity index (χ1n) is 5.80. The van der Waals surface area contributed by atoms with Gasteiger partial charge in [-0.3, -0.25) is 0 Å². The van der Waals surface area contributed by atoms with E-state index in [1.165, 1.54) is 0 Å². The number of benzene rings is 1. The zero-order valence-electron chi connectivity index (χ0n) is 10.1. The molecule has 2 rings (SSSR count). The fourth-order valence-corrected chi connectivity index (χ4v) is 1.54. The lowest BCUT2D eigenvalue weighted by Gasteiger charge is -2.01. The zero-order valence-corrected chi connectivity index (χ0v) is 10.9. The fourth-order valence-electron chi connectivity index (χ4n) is 1.41. The Morgan fingerprint density at radius 2 is 2.11 bits per heavy atom. The van der Waals surface area contributed by atoms with Crippen molar-refractivity contribution in [1.29, 1.82) is 0 Å². The van der Waals surface area contributed by atoms with Gasteiger partial charge in [0.25, 0.3) is 0 Å². The second kappa shape index (κ2) is 6.42. The van der Waals surface area contributed by atoms with E-state index in [1.807, 2.05) is 31.2 Å². The fraction of sp³-hybridized carbons (Fsp3) is 0.308. The number of hydrogen-bond donors (Lipinski definition) is 1. The van der Waals surface area contributed by atoms with Gasteiger partial charge in [-0.05, 0) is 24.2 Å². The van der Waals surface area contributed by atoms with Gasteiger partial charge in [0.1, 0.15) is 12.9 Å². The third kappa shape index (κ3) is 3.75. The molecule has 18 heavy (non-hydrogen) atoms. The Bertz CT molecular complexity index is 482. The van der Waals surface area contributed by atoms with Crippen molar-refractivity contribution in [1.82, 2.24) is 10.3 Å². The van der Waals surface area contributed by atoms with Gasteiger partial charge in [-0.1, -0.05) is 30.7 Å². The van der Waals surface area contributed by atoms with Gasteiger partial charge in [0.2, 0.25) is 0 Å². The predicted octanol–water partition coefficient (Wildman–Crippen LogP) is 3.02. The van der Waals surface area contributed by atoms with Crippen LogP contribution in [0, 0.1) is 0 Å². The van der Waals surface area contributed by atoms with Gasteiger partial charge in [-0.15, -0.1) is 0 Å². The van der Waals surface area contributed by atoms with Crippen LogP contribution in [0.15, 0.2) is 34.9 Å². The van der Waals surface area contributed by atoms with E-state index < -0.39 is 0 Å². The molecule has 0 amide bonds. The zero-order chi connectivity index (χ0) is 12.8. The Balaban J connectivity index is 1.86. The van der Waals surface area contributed by atoms with Crippen molar-refractivity contribution in [3.05, 3.63) is 46.8 Å². The summed E-state index contributed by atoms with van der Waals surface area (Å²) in [6.45, 7) is 4.04. The van der Waals surface area contributed by atoms with E-state index in [9.17, 15) is 0 Å². The summed E-state index contributed by atoms with van der Waals surface area (Å²) in [5, 5.41) is 3.88. The predicted molar refractivity (Wildman–Crippen MR) is 69.7 cm³/mol. The molecular weight excluding hydrogens is 252 g/mol. The quantitative estimate of drug-likeness (QED) is 0.873. The third-order valence-electron chi connectivity index (χ3n) is 2.36. The summed E-state index contributed by atoms with van der Waals surface area (Å²) in [6, 6.07) is 7.47. The molecule has 1 aromatic heterocycles. The van der Waals surface area contributed by atoms with Gasteiger partial charge in [-0.2, -0.15) is 4.98 Å². The second-order valence-corrected chi connectivity index (χ2v) is 4.24. The molecule has 0 aliphatic rings. The molecule has 0 atom stereocenters.